The minimum atomic E-state index is 0.248. The van der Waals surface area contributed by atoms with Crippen LogP contribution in [0.3, 0.4) is 0 Å². The van der Waals surface area contributed by atoms with Crippen LogP contribution in [0.1, 0.15) is 49.1 Å². The first-order valence-corrected chi connectivity index (χ1v) is 9.70. The summed E-state index contributed by atoms with van der Waals surface area (Å²) in [7, 11) is 3.72. The van der Waals surface area contributed by atoms with Gasteiger partial charge in [-0.25, -0.2) is 0 Å². The number of carbonyl (C=O) groups is 1. The van der Waals surface area contributed by atoms with Crippen molar-refractivity contribution in [2.24, 2.45) is 0 Å². The van der Waals surface area contributed by atoms with Gasteiger partial charge in [-0.3, -0.25) is 9.69 Å². The molecule has 2 saturated heterocycles. The van der Waals surface area contributed by atoms with E-state index in [4.69, 9.17) is 4.74 Å². The summed E-state index contributed by atoms with van der Waals surface area (Å²) in [5.74, 6) is 0.629. The molecule has 2 heterocycles. The SMILES string of the molecule is CN(C)C(=O)C[C@H]1CC2(CCN([C@@H]3CCOC3)CC2)c2ccccc21. The lowest BCUT2D eigenvalue weighted by atomic mass is 9.73. The summed E-state index contributed by atoms with van der Waals surface area (Å²) in [5, 5.41) is 0. The van der Waals surface area contributed by atoms with Crippen LogP contribution in [0, 0.1) is 0 Å². The van der Waals surface area contributed by atoms with Gasteiger partial charge in [-0.15, -0.1) is 0 Å². The Bertz CT molecular complexity index is 629. The number of ether oxygens (including phenoxy) is 1. The van der Waals surface area contributed by atoms with Crippen LogP contribution in [0.25, 0.3) is 0 Å². The van der Waals surface area contributed by atoms with Gasteiger partial charge < -0.3 is 9.64 Å². The van der Waals surface area contributed by atoms with Crippen LogP contribution in [0.15, 0.2) is 24.3 Å². The third-order valence-electron chi connectivity index (χ3n) is 6.71. The summed E-state index contributed by atoms with van der Waals surface area (Å²) in [6.45, 7) is 4.15. The van der Waals surface area contributed by atoms with Crippen molar-refractivity contribution in [3.05, 3.63) is 35.4 Å². The molecular weight excluding hydrogens is 312 g/mol. The second kappa shape index (κ2) is 6.73. The van der Waals surface area contributed by atoms with Gasteiger partial charge in [0.25, 0.3) is 0 Å². The molecule has 0 unspecified atom stereocenters. The summed E-state index contributed by atoms with van der Waals surface area (Å²) in [6.07, 6.45) is 5.40. The number of piperidine rings is 1. The van der Waals surface area contributed by atoms with Gasteiger partial charge in [0, 0.05) is 33.2 Å². The fourth-order valence-corrected chi connectivity index (χ4v) is 5.20. The number of hydrogen-bond acceptors (Lipinski definition) is 3. The third kappa shape index (κ3) is 3.11. The highest BCUT2D eigenvalue weighted by Crippen LogP contribution is 2.53. The molecule has 0 bridgehead atoms. The number of nitrogens with zero attached hydrogens (tertiary/aromatic N) is 2. The van der Waals surface area contributed by atoms with Crippen LogP contribution in [-0.4, -0.2) is 62.1 Å². The smallest absolute Gasteiger partial charge is 0.222 e. The van der Waals surface area contributed by atoms with E-state index in [0.29, 0.717) is 18.4 Å². The highest BCUT2D eigenvalue weighted by Gasteiger charge is 2.46. The Kier molecular flexibility index (Phi) is 4.59. The number of rotatable bonds is 3. The normalized spacial score (nSPS) is 28.2. The average molecular weight is 342 g/mol. The Morgan fingerprint density at radius 2 is 2.04 bits per heavy atom. The maximum atomic E-state index is 12.3. The van der Waals surface area contributed by atoms with E-state index in [0.717, 1.165) is 32.7 Å². The standard InChI is InChI=1S/C21H30N2O2/c1-22(2)20(24)13-16-14-21(19-6-4-3-5-18(16)19)8-10-23(11-9-21)17-7-12-25-15-17/h3-6,16-17H,7-15H2,1-2H3/t16-,17+/m0/s1. The fraction of sp³-hybridized carbons (Fsp3) is 0.667. The number of benzene rings is 1. The predicted molar refractivity (Wildman–Crippen MR) is 98.8 cm³/mol. The Labute approximate surface area is 151 Å². The molecule has 4 heteroatoms. The van der Waals surface area contributed by atoms with E-state index in [2.05, 4.69) is 29.2 Å². The third-order valence-corrected chi connectivity index (χ3v) is 6.71. The summed E-state index contributed by atoms with van der Waals surface area (Å²) in [4.78, 5) is 16.7. The van der Waals surface area contributed by atoms with E-state index in [1.54, 1.807) is 4.90 Å². The van der Waals surface area contributed by atoms with Crippen LogP contribution < -0.4 is 0 Å². The fourth-order valence-electron chi connectivity index (χ4n) is 5.20. The molecule has 25 heavy (non-hydrogen) atoms. The van der Waals surface area contributed by atoms with E-state index in [-0.39, 0.29) is 11.3 Å². The van der Waals surface area contributed by atoms with E-state index in [1.165, 1.54) is 30.4 Å². The molecule has 2 fully saturated rings. The Morgan fingerprint density at radius 3 is 2.72 bits per heavy atom. The molecule has 3 aliphatic rings. The maximum absolute atomic E-state index is 12.3. The molecule has 0 N–H and O–H groups in total. The van der Waals surface area contributed by atoms with Gasteiger partial charge in [0.15, 0.2) is 0 Å². The number of carbonyl (C=O) groups excluding carboxylic acids is 1. The highest BCUT2D eigenvalue weighted by molar-refractivity contribution is 5.77. The number of amides is 1. The van der Waals surface area contributed by atoms with Crippen LogP contribution >= 0.6 is 0 Å². The van der Waals surface area contributed by atoms with Crippen LogP contribution in [-0.2, 0) is 14.9 Å². The quantitative estimate of drug-likeness (QED) is 0.847. The zero-order valence-electron chi connectivity index (χ0n) is 15.5. The van der Waals surface area contributed by atoms with Gasteiger partial charge >= 0.3 is 0 Å². The lowest BCUT2D eigenvalue weighted by Crippen LogP contribution is -2.46. The molecule has 136 valence electrons. The average Bonchev–Trinajstić information content (AvgIpc) is 3.24. The molecule has 1 aliphatic carbocycles. The first-order chi connectivity index (χ1) is 12.1. The van der Waals surface area contributed by atoms with E-state index >= 15 is 0 Å². The molecule has 2 atom stereocenters. The monoisotopic (exact) mass is 342 g/mol. The van der Waals surface area contributed by atoms with E-state index in [1.807, 2.05) is 14.1 Å². The van der Waals surface area contributed by atoms with Gasteiger partial charge in [-0.2, -0.15) is 0 Å². The Balaban J connectivity index is 1.52. The maximum Gasteiger partial charge on any atom is 0.222 e. The summed E-state index contributed by atoms with van der Waals surface area (Å²) >= 11 is 0. The Morgan fingerprint density at radius 1 is 1.28 bits per heavy atom. The second-order valence-electron chi connectivity index (χ2n) is 8.31. The van der Waals surface area contributed by atoms with Gasteiger partial charge in [-0.05, 0) is 61.2 Å². The Hall–Kier alpha value is -1.39. The topological polar surface area (TPSA) is 32.8 Å². The molecule has 0 saturated carbocycles. The van der Waals surface area contributed by atoms with Crippen molar-refractivity contribution in [3.8, 4) is 0 Å². The molecule has 0 radical (unpaired) electrons. The molecule has 4 rings (SSSR count). The lowest BCUT2D eigenvalue weighted by Gasteiger charge is -2.42. The first-order valence-electron chi connectivity index (χ1n) is 9.70. The number of fused-ring (bicyclic) bond motifs is 2. The van der Waals surface area contributed by atoms with E-state index < -0.39 is 0 Å². The second-order valence-corrected chi connectivity index (χ2v) is 8.31. The van der Waals surface area contributed by atoms with Crippen molar-refractivity contribution in [1.29, 1.82) is 0 Å². The molecule has 1 aromatic carbocycles. The highest BCUT2D eigenvalue weighted by atomic mass is 16.5. The predicted octanol–water partition coefficient (Wildman–Crippen LogP) is 2.77. The number of likely N-dealkylation sites (tertiary alicyclic amines) is 1. The van der Waals surface area contributed by atoms with Crippen molar-refractivity contribution in [2.45, 2.75) is 49.5 Å². The van der Waals surface area contributed by atoms with Crippen LogP contribution in [0.4, 0.5) is 0 Å². The minimum Gasteiger partial charge on any atom is -0.380 e. The summed E-state index contributed by atoms with van der Waals surface area (Å²) in [6, 6.07) is 9.52. The molecule has 1 spiro atoms. The van der Waals surface area contributed by atoms with Gasteiger partial charge in [0.2, 0.25) is 5.91 Å². The van der Waals surface area contributed by atoms with E-state index in [9.17, 15) is 4.79 Å². The van der Waals surface area contributed by atoms with Crippen molar-refractivity contribution < 1.29 is 9.53 Å². The summed E-state index contributed by atoms with van der Waals surface area (Å²) < 4.78 is 5.58. The summed E-state index contributed by atoms with van der Waals surface area (Å²) in [5.41, 5.74) is 3.23. The van der Waals surface area contributed by atoms with Gasteiger partial charge in [0.1, 0.15) is 0 Å². The molecule has 2 aliphatic heterocycles. The van der Waals surface area contributed by atoms with Crippen molar-refractivity contribution in [2.75, 3.05) is 40.4 Å². The zero-order chi connectivity index (χ0) is 17.4. The molecular formula is C21H30N2O2. The molecule has 1 amide bonds. The molecule has 4 nitrogen and oxygen atoms in total. The minimum absolute atomic E-state index is 0.248. The number of hydrogen-bond donors (Lipinski definition) is 0. The van der Waals surface area contributed by atoms with Crippen molar-refractivity contribution >= 4 is 5.91 Å². The zero-order valence-corrected chi connectivity index (χ0v) is 15.5. The van der Waals surface area contributed by atoms with Gasteiger partial charge in [-0.1, -0.05) is 24.3 Å². The largest absolute Gasteiger partial charge is 0.380 e. The van der Waals surface area contributed by atoms with Crippen LogP contribution in [0.2, 0.25) is 0 Å². The lowest BCUT2D eigenvalue weighted by molar-refractivity contribution is -0.129. The van der Waals surface area contributed by atoms with Gasteiger partial charge in [0.05, 0.1) is 6.61 Å². The molecule has 0 aromatic heterocycles. The van der Waals surface area contributed by atoms with Crippen molar-refractivity contribution in [3.63, 3.8) is 0 Å². The first kappa shape index (κ1) is 17.0. The molecule has 1 aromatic rings. The van der Waals surface area contributed by atoms with Crippen molar-refractivity contribution in [1.82, 2.24) is 9.80 Å². The van der Waals surface area contributed by atoms with Crippen LogP contribution in [0.5, 0.6) is 0 Å².